The van der Waals surface area contributed by atoms with Gasteiger partial charge in [0.25, 0.3) is 5.91 Å². The van der Waals surface area contributed by atoms with Crippen LogP contribution >= 0.6 is 15.9 Å². The minimum Gasteiger partial charge on any atom is -0.495 e. The minimum atomic E-state index is -0.0681. The number of halogens is 1. The maximum Gasteiger partial charge on any atom is 0.254 e. The number of nitrogens with zero attached hydrogens (tertiary/aromatic N) is 6. The number of anilines is 1. The van der Waals surface area contributed by atoms with E-state index in [1.807, 2.05) is 35.2 Å². The Bertz CT molecular complexity index is 1010. The van der Waals surface area contributed by atoms with E-state index < -0.39 is 0 Å². The maximum atomic E-state index is 13.1. The minimum absolute atomic E-state index is 0.0681. The van der Waals surface area contributed by atoms with Crippen LogP contribution in [0.5, 0.6) is 11.5 Å². The molecule has 0 saturated carbocycles. The van der Waals surface area contributed by atoms with Crippen LogP contribution in [0.25, 0.3) is 5.69 Å². The summed E-state index contributed by atoms with van der Waals surface area (Å²) in [6.07, 6.45) is 0. The van der Waals surface area contributed by atoms with Crippen molar-refractivity contribution in [2.45, 2.75) is 0 Å². The number of methoxy groups -OCH3 is 2. The van der Waals surface area contributed by atoms with Crippen molar-refractivity contribution in [2.24, 2.45) is 0 Å². The zero-order valence-electron chi connectivity index (χ0n) is 16.7. The van der Waals surface area contributed by atoms with Crippen LogP contribution in [0, 0.1) is 0 Å². The van der Waals surface area contributed by atoms with Crippen molar-refractivity contribution < 1.29 is 14.3 Å². The Labute approximate surface area is 182 Å². The summed E-state index contributed by atoms with van der Waals surface area (Å²) in [5, 5.41) is 12.1. The van der Waals surface area contributed by atoms with Crippen LogP contribution in [0.4, 0.5) is 5.95 Å². The maximum absolute atomic E-state index is 13.1. The smallest absolute Gasteiger partial charge is 0.254 e. The molecule has 2 heterocycles. The number of aromatic nitrogens is 4. The third kappa shape index (κ3) is 3.82. The zero-order valence-corrected chi connectivity index (χ0v) is 18.2. The van der Waals surface area contributed by atoms with Gasteiger partial charge in [-0.15, -0.1) is 0 Å². The van der Waals surface area contributed by atoms with Crippen LogP contribution in [0.2, 0.25) is 0 Å². The normalized spacial score (nSPS) is 14.0. The lowest BCUT2D eigenvalue weighted by Crippen LogP contribution is -2.49. The molecule has 0 spiro atoms. The number of carbonyl (C=O) groups is 1. The van der Waals surface area contributed by atoms with Gasteiger partial charge in [-0.1, -0.05) is 23.3 Å². The number of rotatable bonds is 5. The van der Waals surface area contributed by atoms with Crippen molar-refractivity contribution in [3.63, 3.8) is 0 Å². The van der Waals surface area contributed by atoms with Crippen molar-refractivity contribution in [3.05, 3.63) is 52.5 Å². The zero-order chi connectivity index (χ0) is 21.1. The highest BCUT2D eigenvalue weighted by molar-refractivity contribution is 9.10. The van der Waals surface area contributed by atoms with Crippen LogP contribution in [-0.2, 0) is 0 Å². The van der Waals surface area contributed by atoms with E-state index in [1.165, 1.54) is 0 Å². The van der Waals surface area contributed by atoms with E-state index in [-0.39, 0.29) is 5.91 Å². The molecule has 1 fully saturated rings. The summed E-state index contributed by atoms with van der Waals surface area (Å²) in [7, 11) is 3.12. The number of carbonyl (C=O) groups excluding carboxylic acids is 1. The van der Waals surface area contributed by atoms with Crippen LogP contribution in [0.1, 0.15) is 10.4 Å². The Morgan fingerprint density at radius 2 is 1.63 bits per heavy atom. The topological polar surface area (TPSA) is 85.6 Å². The second-order valence-electron chi connectivity index (χ2n) is 6.70. The largest absolute Gasteiger partial charge is 0.495 e. The molecule has 0 bridgehead atoms. The van der Waals surface area contributed by atoms with E-state index in [1.54, 1.807) is 31.0 Å². The molecule has 3 aromatic rings. The highest BCUT2D eigenvalue weighted by Crippen LogP contribution is 2.36. The molecule has 1 amide bonds. The van der Waals surface area contributed by atoms with Gasteiger partial charge in [-0.3, -0.25) is 4.79 Å². The van der Waals surface area contributed by atoms with E-state index in [9.17, 15) is 4.79 Å². The Morgan fingerprint density at radius 1 is 1.00 bits per heavy atom. The molecule has 1 aliphatic heterocycles. The van der Waals surface area contributed by atoms with Gasteiger partial charge >= 0.3 is 0 Å². The second-order valence-corrected chi connectivity index (χ2v) is 7.49. The van der Waals surface area contributed by atoms with Gasteiger partial charge < -0.3 is 19.3 Å². The number of amides is 1. The summed E-state index contributed by atoms with van der Waals surface area (Å²) >= 11 is 3.43. The highest BCUT2D eigenvalue weighted by atomic mass is 79.9. The standard InChI is InChI=1S/C20H21BrN6O3/c1-29-16-12-14(13-17(30-2)18(16)21)19(28)25-8-10-26(11-9-25)20-22-23-24-27(20)15-6-4-3-5-7-15/h3-7,12-13H,8-11H2,1-2H3. The fourth-order valence-corrected chi connectivity index (χ4v) is 3.95. The lowest BCUT2D eigenvalue weighted by Gasteiger charge is -2.35. The number of ether oxygens (including phenoxy) is 2. The van der Waals surface area contributed by atoms with Crippen molar-refractivity contribution in [1.29, 1.82) is 0 Å². The highest BCUT2D eigenvalue weighted by Gasteiger charge is 2.26. The molecule has 2 aromatic carbocycles. The lowest BCUT2D eigenvalue weighted by atomic mass is 10.1. The molecule has 0 radical (unpaired) electrons. The fraction of sp³-hybridized carbons (Fsp3) is 0.300. The van der Waals surface area contributed by atoms with E-state index in [0.29, 0.717) is 53.7 Å². The first-order valence-electron chi connectivity index (χ1n) is 9.42. The molecule has 9 nitrogen and oxygen atoms in total. The van der Waals surface area contributed by atoms with Crippen molar-refractivity contribution in [1.82, 2.24) is 25.1 Å². The summed E-state index contributed by atoms with van der Waals surface area (Å²) in [5.41, 5.74) is 1.42. The van der Waals surface area contributed by atoms with Gasteiger partial charge in [-0.2, -0.15) is 4.68 Å². The first-order valence-corrected chi connectivity index (χ1v) is 10.2. The fourth-order valence-electron chi connectivity index (χ4n) is 3.40. The molecule has 1 aliphatic rings. The summed E-state index contributed by atoms with van der Waals surface area (Å²) in [6, 6.07) is 13.2. The molecule has 4 rings (SSSR count). The number of hydrogen-bond donors (Lipinski definition) is 0. The summed E-state index contributed by atoms with van der Waals surface area (Å²) < 4.78 is 13.1. The van der Waals surface area contributed by atoms with Gasteiger partial charge in [0.15, 0.2) is 0 Å². The number of benzene rings is 2. The van der Waals surface area contributed by atoms with Crippen LogP contribution in [-0.4, -0.2) is 71.4 Å². The van der Waals surface area contributed by atoms with E-state index in [0.717, 1.165) is 5.69 Å². The Morgan fingerprint density at radius 3 is 2.23 bits per heavy atom. The molecule has 1 aromatic heterocycles. The average molecular weight is 473 g/mol. The molecule has 0 atom stereocenters. The van der Waals surface area contributed by atoms with Gasteiger partial charge in [-0.05, 0) is 50.6 Å². The molecule has 156 valence electrons. The molecule has 10 heteroatoms. The SMILES string of the molecule is COc1cc(C(=O)N2CCN(c3nnnn3-c3ccccc3)CC2)cc(OC)c1Br. The summed E-state index contributed by atoms with van der Waals surface area (Å²) in [4.78, 5) is 17.0. The monoisotopic (exact) mass is 472 g/mol. The van der Waals surface area contributed by atoms with E-state index >= 15 is 0 Å². The summed E-state index contributed by atoms with van der Waals surface area (Å²) in [6.45, 7) is 2.37. The quantitative estimate of drug-likeness (QED) is 0.563. The molecule has 0 N–H and O–H groups in total. The third-order valence-electron chi connectivity index (χ3n) is 5.00. The second kappa shape index (κ2) is 8.70. The average Bonchev–Trinajstić information content (AvgIpc) is 3.29. The molecular weight excluding hydrogens is 452 g/mol. The van der Waals surface area contributed by atoms with Crippen molar-refractivity contribution in [3.8, 4) is 17.2 Å². The van der Waals surface area contributed by atoms with E-state index in [4.69, 9.17) is 9.47 Å². The molecule has 0 aliphatic carbocycles. The van der Waals surface area contributed by atoms with Crippen LogP contribution in [0.3, 0.4) is 0 Å². The van der Waals surface area contributed by atoms with Crippen LogP contribution in [0.15, 0.2) is 46.9 Å². The summed E-state index contributed by atoms with van der Waals surface area (Å²) in [5.74, 6) is 1.71. The number of hydrogen-bond acceptors (Lipinski definition) is 7. The third-order valence-corrected chi connectivity index (χ3v) is 5.78. The first-order chi connectivity index (χ1) is 14.6. The number of tetrazole rings is 1. The van der Waals surface area contributed by atoms with Gasteiger partial charge in [0, 0.05) is 31.7 Å². The predicted octanol–water partition coefficient (Wildman–Crippen LogP) is 2.40. The number of piperazine rings is 1. The van der Waals surface area contributed by atoms with Gasteiger partial charge in [0.1, 0.15) is 16.0 Å². The Balaban J connectivity index is 1.48. The molecule has 1 saturated heterocycles. The predicted molar refractivity (Wildman–Crippen MR) is 115 cm³/mol. The van der Waals surface area contributed by atoms with E-state index in [2.05, 4.69) is 36.4 Å². The number of para-hydroxylation sites is 1. The van der Waals surface area contributed by atoms with Gasteiger partial charge in [0.05, 0.1) is 19.9 Å². The first kappa shape index (κ1) is 20.1. The Hall–Kier alpha value is -3.14. The van der Waals surface area contributed by atoms with Gasteiger partial charge in [-0.25, -0.2) is 0 Å². The molecule has 30 heavy (non-hydrogen) atoms. The van der Waals surface area contributed by atoms with Gasteiger partial charge in [0.2, 0.25) is 5.95 Å². The van der Waals surface area contributed by atoms with Crippen molar-refractivity contribution >= 4 is 27.8 Å². The Kier molecular flexibility index (Phi) is 5.84. The molecule has 0 unspecified atom stereocenters. The van der Waals surface area contributed by atoms with Crippen molar-refractivity contribution in [2.75, 3.05) is 45.3 Å². The molecular formula is C20H21BrN6O3. The van der Waals surface area contributed by atoms with Crippen LogP contribution < -0.4 is 14.4 Å². The lowest BCUT2D eigenvalue weighted by molar-refractivity contribution is 0.0745.